The van der Waals surface area contributed by atoms with Crippen molar-refractivity contribution in [2.24, 2.45) is 11.5 Å². The number of carbonyl (C=O) groups excluding carboxylic acids is 1. The van der Waals surface area contributed by atoms with Crippen molar-refractivity contribution < 1.29 is 4.79 Å². The molecule has 1 rings (SSSR count). The lowest BCUT2D eigenvalue weighted by atomic mass is 10.1. The summed E-state index contributed by atoms with van der Waals surface area (Å²) in [7, 11) is 0. The molecule has 0 saturated heterocycles. The van der Waals surface area contributed by atoms with Crippen molar-refractivity contribution in [1.82, 2.24) is 21.7 Å². The Morgan fingerprint density at radius 2 is 1.48 bits per heavy atom. The molecule has 1 amide bonds. The van der Waals surface area contributed by atoms with E-state index < -0.39 is 5.91 Å². The molecule has 0 atom stereocenters. The van der Waals surface area contributed by atoms with E-state index in [1.54, 1.807) is 24.3 Å². The van der Waals surface area contributed by atoms with Crippen molar-refractivity contribution in [2.75, 3.05) is 5.32 Å². The second kappa shape index (κ2) is 8.14. The minimum absolute atomic E-state index is 0.0332. The molecule has 0 radical (unpaired) electrons. The minimum Gasteiger partial charge on any atom is -0.375 e. The third-order valence-corrected chi connectivity index (χ3v) is 2.43. The second-order valence-corrected chi connectivity index (χ2v) is 4.85. The summed E-state index contributed by atoms with van der Waals surface area (Å²) in [5.41, 5.74) is 21.0. The molecule has 11 heteroatoms. The first-order valence-corrected chi connectivity index (χ1v) is 6.70. The van der Waals surface area contributed by atoms with Crippen LogP contribution in [-0.2, 0) is 0 Å². The van der Waals surface area contributed by atoms with Crippen LogP contribution in [0.15, 0.2) is 24.3 Å². The standard InChI is InChI=1S/C10H13N7OS3/c11-8(19)15-14-7(18)5-3-1-2-4-6(5)13-10(21)17-16-9(12)20/h1-4H,(H,14,18)(H3,11,15,19)(H3,12,16,20)(H2,13,17,21). The van der Waals surface area contributed by atoms with Gasteiger partial charge in [-0.05, 0) is 48.8 Å². The van der Waals surface area contributed by atoms with Crippen LogP contribution >= 0.6 is 36.7 Å². The van der Waals surface area contributed by atoms with Gasteiger partial charge in [0.1, 0.15) is 0 Å². The van der Waals surface area contributed by atoms with E-state index in [-0.39, 0.29) is 15.3 Å². The van der Waals surface area contributed by atoms with Crippen LogP contribution in [0.5, 0.6) is 0 Å². The van der Waals surface area contributed by atoms with Crippen molar-refractivity contribution in [3.05, 3.63) is 29.8 Å². The van der Waals surface area contributed by atoms with E-state index in [1.807, 2.05) is 0 Å². The molecule has 0 saturated carbocycles. The second-order valence-electron chi connectivity index (χ2n) is 3.56. The molecule has 112 valence electrons. The maximum Gasteiger partial charge on any atom is 0.271 e. The summed E-state index contributed by atoms with van der Waals surface area (Å²) >= 11 is 14.2. The third kappa shape index (κ3) is 6.16. The molecular formula is C10H13N7OS3. The van der Waals surface area contributed by atoms with Crippen molar-refractivity contribution in [1.29, 1.82) is 0 Å². The number of carbonyl (C=O) groups is 1. The van der Waals surface area contributed by atoms with Crippen LogP contribution in [0, 0.1) is 0 Å². The van der Waals surface area contributed by atoms with Gasteiger partial charge in [0.15, 0.2) is 15.3 Å². The largest absolute Gasteiger partial charge is 0.375 e. The molecule has 0 aromatic heterocycles. The van der Waals surface area contributed by atoms with Gasteiger partial charge in [-0.2, -0.15) is 0 Å². The number of rotatable bonds is 2. The lowest BCUT2D eigenvalue weighted by Gasteiger charge is -2.14. The first kappa shape index (κ1) is 16.8. The highest BCUT2D eigenvalue weighted by Crippen LogP contribution is 2.14. The summed E-state index contributed by atoms with van der Waals surface area (Å²) in [6.45, 7) is 0. The van der Waals surface area contributed by atoms with Crippen LogP contribution in [-0.4, -0.2) is 21.2 Å². The normalized spacial score (nSPS) is 9.14. The molecule has 8 nitrogen and oxygen atoms in total. The van der Waals surface area contributed by atoms with Crippen molar-refractivity contribution in [3.63, 3.8) is 0 Å². The van der Waals surface area contributed by atoms with E-state index >= 15 is 0 Å². The highest BCUT2D eigenvalue weighted by Gasteiger charge is 2.11. The Kier molecular flexibility index (Phi) is 6.52. The van der Waals surface area contributed by atoms with Crippen molar-refractivity contribution in [2.45, 2.75) is 0 Å². The number of anilines is 1. The number of hydrogen-bond acceptors (Lipinski definition) is 4. The maximum absolute atomic E-state index is 12.0. The molecule has 0 aliphatic carbocycles. The summed E-state index contributed by atoms with van der Waals surface area (Å²) < 4.78 is 0. The minimum atomic E-state index is -0.434. The average Bonchev–Trinajstić information content (AvgIpc) is 2.43. The molecule has 0 spiro atoms. The fraction of sp³-hybridized carbons (Fsp3) is 0. The van der Waals surface area contributed by atoms with Crippen LogP contribution in [0.1, 0.15) is 10.4 Å². The Morgan fingerprint density at radius 1 is 0.905 bits per heavy atom. The number of nitrogens with one attached hydrogen (secondary N) is 5. The van der Waals surface area contributed by atoms with E-state index in [2.05, 4.69) is 51.5 Å². The first-order valence-electron chi connectivity index (χ1n) is 5.47. The van der Waals surface area contributed by atoms with Gasteiger partial charge >= 0.3 is 0 Å². The van der Waals surface area contributed by atoms with Gasteiger partial charge in [-0.25, -0.2) is 0 Å². The third-order valence-electron chi connectivity index (χ3n) is 2.02. The average molecular weight is 343 g/mol. The predicted octanol–water partition coefficient (Wildman–Crippen LogP) is -0.801. The van der Waals surface area contributed by atoms with Gasteiger partial charge in [-0.1, -0.05) is 12.1 Å². The predicted molar refractivity (Wildman–Crippen MR) is 93.1 cm³/mol. The number of nitrogens with two attached hydrogens (primary N) is 2. The van der Waals surface area contributed by atoms with E-state index in [1.165, 1.54) is 0 Å². The van der Waals surface area contributed by atoms with Crippen LogP contribution in [0.4, 0.5) is 5.69 Å². The van der Waals surface area contributed by atoms with Gasteiger partial charge in [0, 0.05) is 0 Å². The summed E-state index contributed by atoms with van der Waals surface area (Å²) in [4.78, 5) is 12.0. The van der Waals surface area contributed by atoms with Gasteiger partial charge in [0.25, 0.3) is 5.91 Å². The number of hydrazine groups is 2. The molecule has 0 aliphatic heterocycles. The summed E-state index contributed by atoms with van der Waals surface area (Å²) in [6, 6.07) is 6.71. The number of para-hydroxylation sites is 1. The molecular weight excluding hydrogens is 330 g/mol. The molecule has 0 heterocycles. The first-order chi connectivity index (χ1) is 9.90. The molecule has 1 aromatic carbocycles. The van der Waals surface area contributed by atoms with Crippen LogP contribution < -0.4 is 38.5 Å². The van der Waals surface area contributed by atoms with Gasteiger partial charge in [-0.3, -0.25) is 26.5 Å². The zero-order valence-electron chi connectivity index (χ0n) is 10.6. The van der Waals surface area contributed by atoms with E-state index in [0.717, 1.165) is 0 Å². The Labute approximate surface area is 136 Å². The van der Waals surface area contributed by atoms with E-state index in [0.29, 0.717) is 11.3 Å². The molecule has 0 aliphatic rings. The molecule has 0 bridgehead atoms. The number of amides is 1. The molecule has 1 aromatic rings. The van der Waals surface area contributed by atoms with Gasteiger partial charge in [0.05, 0.1) is 11.3 Å². The summed E-state index contributed by atoms with van der Waals surface area (Å²) in [5, 5.41) is 2.99. The molecule has 9 N–H and O–H groups in total. The molecule has 21 heavy (non-hydrogen) atoms. The Balaban J connectivity index is 2.74. The Morgan fingerprint density at radius 3 is 2.10 bits per heavy atom. The van der Waals surface area contributed by atoms with Crippen molar-refractivity contribution >= 4 is 63.6 Å². The smallest absolute Gasteiger partial charge is 0.271 e. The summed E-state index contributed by atoms with van der Waals surface area (Å²) in [5.74, 6) is -0.434. The van der Waals surface area contributed by atoms with Gasteiger partial charge in [0.2, 0.25) is 0 Å². The number of hydrogen-bond donors (Lipinski definition) is 7. The summed E-state index contributed by atoms with van der Waals surface area (Å²) in [6.07, 6.45) is 0. The Hall–Kier alpha value is -2.24. The van der Waals surface area contributed by atoms with E-state index in [4.69, 9.17) is 23.7 Å². The monoisotopic (exact) mass is 343 g/mol. The van der Waals surface area contributed by atoms with Gasteiger partial charge < -0.3 is 16.8 Å². The van der Waals surface area contributed by atoms with E-state index in [9.17, 15) is 4.79 Å². The van der Waals surface area contributed by atoms with Crippen LogP contribution in [0.3, 0.4) is 0 Å². The quantitative estimate of drug-likeness (QED) is 0.271. The van der Waals surface area contributed by atoms with Crippen LogP contribution in [0.2, 0.25) is 0 Å². The number of thiocarbonyl (C=S) groups is 3. The molecule has 0 fully saturated rings. The maximum atomic E-state index is 12.0. The zero-order valence-corrected chi connectivity index (χ0v) is 13.0. The lowest BCUT2D eigenvalue weighted by Crippen LogP contribution is -2.46. The molecule has 0 unspecified atom stereocenters. The van der Waals surface area contributed by atoms with Crippen molar-refractivity contribution in [3.8, 4) is 0 Å². The SMILES string of the molecule is NC(=S)NNC(=O)c1ccccc1NC(=S)NNC(N)=S. The highest BCUT2D eigenvalue weighted by molar-refractivity contribution is 7.80. The van der Waals surface area contributed by atoms with Gasteiger partial charge in [-0.15, -0.1) is 0 Å². The number of benzene rings is 1. The highest BCUT2D eigenvalue weighted by atomic mass is 32.1. The fourth-order valence-corrected chi connectivity index (χ4v) is 1.51. The lowest BCUT2D eigenvalue weighted by molar-refractivity contribution is 0.0945. The van der Waals surface area contributed by atoms with Crippen LogP contribution in [0.25, 0.3) is 0 Å². The fourth-order valence-electron chi connectivity index (χ4n) is 1.25. The topological polar surface area (TPSA) is 129 Å². The Bertz CT molecular complexity index is 578. The zero-order chi connectivity index (χ0) is 15.8.